The Hall–Kier alpha value is -0.870. The fraction of sp³-hybridized carbons (Fsp3) is 0.700. The number of hydrogen-bond acceptors (Lipinski definition) is 3. The molecule has 0 spiro atoms. The van der Waals surface area contributed by atoms with Crippen molar-refractivity contribution in [1.29, 1.82) is 0 Å². The average Bonchev–Trinajstić information content (AvgIpc) is 2.62. The van der Waals surface area contributed by atoms with Gasteiger partial charge >= 0.3 is 0 Å². The summed E-state index contributed by atoms with van der Waals surface area (Å²) in [5.41, 5.74) is 6.83. The quantitative estimate of drug-likeness (QED) is 0.790. The summed E-state index contributed by atoms with van der Waals surface area (Å²) >= 11 is 0. The first kappa shape index (κ1) is 11.2. The van der Waals surface area contributed by atoms with Crippen LogP contribution in [-0.4, -0.2) is 22.5 Å². The third kappa shape index (κ3) is 1.96. The molecule has 1 rings (SSSR count). The first-order valence-corrected chi connectivity index (χ1v) is 4.82. The van der Waals surface area contributed by atoms with E-state index in [2.05, 4.69) is 12.0 Å². The second kappa shape index (κ2) is 4.11. The summed E-state index contributed by atoms with van der Waals surface area (Å²) in [6.07, 6.45) is 4.59. The summed E-state index contributed by atoms with van der Waals surface area (Å²) in [6.45, 7) is 4.09. The van der Waals surface area contributed by atoms with Gasteiger partial charge in [0.05, 0.1) is 17.8 Å². The van der Waals surface area contributed by atoms with Gasteiger partial charge < -0.3 is 10.5 Å². The Kier molecular flexibility index (Phi) is 3.29. The molecule has 2 N–H and O–H groups in total. The normalized spacial score (nSPS) is 17.8. The lowest BCUT2D eigenvalue weighted by molar-refractivity contribution is -0.0194. The van der Waals surface area contributed by atoms with Gasteiger partial charge in [-0.15, -0.1) is 0 Å². The van der Waals surface area contributed by atoms with E-state index in [1.54, 1.807) is 18.0 Å². The molecule has 80 valence electrons. The van der Waals surface area contributed by atoms with E-state index >= 15 is 0 Å². The van der Waals surface area contributed by atoms with Crippen molar-refractivity contribution in [3.05, 3.63) is 18.0 Å². The molecule has 1 heterocycles. The van der Waals surface area contributed by atoms with Gasteiger partial charge in [-0.3, -0.25) is 4.68 Å². The molecule has 0 radical (unpaired) electrons. The highest BCUT2D eigenvalue weighted by Crippen LogP contribution is 2.28. The van der Waals surface area contributed by atoms with Crippen molar-refractivity contribution in [2.24, 2.45) is 12.8 Å². The summed E-state index contributed by atoms with van der Waals surface area (Å²) < 4.78 is 7.20. The zero-order chi connectivity index (χ0) is 10.8. The molecule has 0 fully saturated rings. The second-order valence-electron chi connectivity index (χ2n) is 3.80. The molecule has 0 bridgehead atoms. The zero-order valence-corrected chi connectivity index (χ0v) is 9.32. The maximum Gasteiger partial charge on any atom is 0.0841 e. The van der Waals surface area contributed by atoms with Crippen molar-refractivity contribution in [3.63, 3.8) is 0 Å². The summed E-state index contributed by atoms with van der Waals surface area (Å²) in [5, 5.41) is 4.10. The van der Waals surface area contributed by atoms with Gasteiger partial charge in [-0.25, -0.2) is 0 Å². The molecule has 2 atom stereocenters. The van der Waals surface area contributed by atoms with E-state index in [4.69, 9.17) is 10.5 Å². The van der Waals surface area contributed by atoms with Crippen molar-refractivity contribution in [2.45, 2.75) is 31.9 Å². The van der Waals surface area contributed by atoms with Crippen LogP contribution in [0.2, 0.25) is 0 Å². The Labute approximate surface area is 85.0 Å². The van der Waals surface area contributed by atoms with Crippen molar-refractivity contribution in [1.82, 2.24) is 9.78 Å². The van der Waals surface area contributed by atoms with Crippen molar-refractivity contribution >= 4 is 0 Å². The van der Waals surface area contributed by atoms with Gasteiger partial charge in [-0.05, 0) is 13.3 Å². The predicted octanol–water partition coefficient (Wildman–Crippen LogP) is 1.23. The molecule has 0 aliphatic rings. The standard InChI is InChI=1S/C10H19N3O/c1-5-10(2,14-4)9(11)8-6-12-13(3)7-8/h6-7,9H,5,11H2,1-4H3. The molecule has 0 aliphatic carbocycles. The summed E-state index contributed by atoms with van der Waals surface area (Å²) in [7, 11) is 3.58. The van der Waals surface area contributed by atoms with E-state index in [1.165, 1.54) is 0 Å². The van der Waals surface area contributed by atoms with Gasteiger partial charge in [0.1, 0.15) is 0 Å². The molecule has 0 aromatic carbocycles. The van der Waals surface area contributed by atoms with Crippen LogP contribution >= 0.6 is 0 Å². The predicted molar refractivity (Wildman–Crippen MR) is 55.8 cm³/mol. The number of aromatic nitrogens is 2. The van der Waals surface area contributed by atoms with E-state index in [0.29, 0.717) is 0 Å². The van der Waals surface area contributed by atoms with Gasteiger partial charge in [0.2, 0.25) is 0 Å². The first-order chi connectivity index (χ1) is 6.53. The Morgan fingerprint density at radius 2 is 2.36 bits per heavy atom. The van der Waals surface area contributed by atoms with Gasteiger partial charge in [-0.2, -0.15) is 5.10 Å². The topological polar surface area (TPSA) is 53.1 Å². The highest BCUT2D eigenvalue weighted by Gasteiger charge is 2.31. The number of ether oxygens (including phenoxy) is 1. The molecular formula is C10H19N3O. The number of nitrogens with zero attached hydrogens (tertiary/aromatic N) is 2. The van der Waals surface area contributed by atoms with Crippen molar-refractivity contribution < 1.29 is 4.74 Å². The van der Waals surface area contributed by atoms with Gasteiger partial charge in [-0.1, -0.05) is 6.92 Å². The third-order valence-electron chi connectivity index (χ3n) is 2.91. The molecule has 0 saturated heterocycles. The number of rotatable bonds is 4. The molecule has 0 aliphatic heterocycles. The molecular weight excluding hydrogens is 178 g/mol. The zero-order valence-electron chi connectivity index (χ0n) is 9.32. The smallest absolute Gasteiger partial charge is 0.0841 e. The van der Waals surface area contributed by atoms with Gasteiger partial charge in [0.25, 0.3) is 0 Å². The SMILES string of the molecule is CCC(C)(OC)C(N)c1cnn(C)c1. The number of hydrogen-bond donors (Lipinski definition) is 1. The van der Waals surface area contributed by atoms with E-state index in [0.717, 1.165) is 12.0 Å². The number of nitrogens with two attached hydrogens (primary N) is 1. The van der Waals surface area contributed by atoms with Crippen LogP contribution < -0.4 is 5.73 Å². The first-order valence-electron chi connectivity index (χ1n) is 4.82. The summed E-state index contributed by atoms with van der Waals surface area (Å²) in [6, 6.07) is -0.133. The largest absolute Gasteiger partial charge is 0.377 e. The Bertz CT molecular complexity index is 291. The number of methoxy groups -OCH3 is 1. The van der Waals surface area contributed by atoms with Crippen LogP contribution in [0.3, 0.4) is 0 Å². The minimum atomic E-state index is -0.316. The molecule has 1 aromatic rings. The monoisotopic (exact) mass is 197 g/mol. The lowest BCUT2D eigenvalue weighted by Gasteiger charge is -2.32. The molecule has 0 amide bonds. The fourth-order valence-corrected chi connectivity index (χ4v) is 1.44. The van der Waals surface area contributed by atoms with Crippen LogP contribution in [0.5, 0.6) is 0 Å². The minimum Gasteiger partial charge on any atom is -0.377 e. The number of aryl methyl sites for hydroxylation is 1. The van der Waals surface area contributed by atoms with Crippen LogP contribution in [0, 0.1) is 0 Å². The van der Waals surface area contributed by atoms with Crippen LogP contribution in [0.1, 0.15) is 31.9 Å². The molecule has 0 saturated carbocycles. The van der Waals surface area contributed by atoms with Crippen LogP contribution in [0.4, 0.5) is 0 Å². The van der Waals surface area contributed by atoms with Gasteiger partial charge in [0.15, 0.2) is 0 Å². The molecule has 4 nitrogen and oxygen atoms in total. The Balaban J connectivity index is 2.88. The highest BCUT2D eigenvalue weighted by molar-refractivity contribution is 5.14. The Morgan fingerprint density at radius 3 is 2.71 bits per heavy atom. The van der Waals surface area contributed by atoms with E-state index in [1.807, 2.05) is 20.2 Å². The van der Waals surface area contributed by atoms with E-state index < -0.39 is 0 Å². The van der Waals surface area contributed by atoms with E-state index in [9.17, 15) is 0 Å². The second-order valence-corrected chi connectivity index (χ2v) is 3.80. The molecule has 4 heteroatoms. The lowest BCUT2D eigenvalue weighted by atomic mass is 9.90. The molecule has 2 unspecified atom stereocenters. The van der Waals surface area contributed by atoms with Crippen LogP contribution in [0.25, 0.3) is 0 Å². The maximum atomic E-state index is 6.13. The van der Waals surface area contributed by atoms with Crippen molar-refractivity contribution in [3.8, 4) is 0 Å². The fourth-order valence-electron chi connectivity index (χ4n) is 1.44. The third-order valence-corrected chi connectivity index (χ3v) is 2.91. The minimum absolute atomic E-state index is 0.133. The average molecular weight is 197 g/mol. The Morgan fingerprint density at radius 1 is 1.71 bits per heavy atom. The lowest BCUT2D eigenvalue weighted by Crippen LogP contribution is -2.39. The van der Waals surface area contributed by atoms with Gasteiger partial charge in [0, 0.05) is 25.9 Å². The van der Waals surface area contributed by atoms with E-state index in [-0.39, 0.29) is 11.6 Å². The molecule has 1 aromatic heterocycles. The van der Waals surface area contributed by atoms with Crippen LogP contribution in [0.15, 0.2) is 12.4 Å². The van der Waals surface area contributed by atoms with Crippen LogP contribution in [-0.2, 0) is 11.8 Å². The maximum absolute atomic E-state index is 6.13. The van der Waals surface area contributed by atoms with Crippen molar-refractivity contribution in [2.75, 3.05) is 7.11 Å². The highest BCUT2D eigenvalue weighted by atomic mass is 16.5. The molecule has 14 heavy (non-hydrogen) atoms. The summed E-state index contributed by atoms with van der Waals surface area (Å²) in [5.74, 6) is 0. The summed E-state index contributed by atoms with van der Waals surface area (Å²) in [4.78, 5) is 0.